The summed E-state index contributed by atoms with van der Waals surface area (Å²) in [5.41, 5.74) is 0.920. The highest BCUT2D eigenvalue weighted by atomic mass is 16.3. The zero-order valence-electron chi connectivity index (χ0n) is 8.84. The molecule has 2 heteroatoms. The summed E-state index contributed by atoms with van der Waals surface area (Å²) < 4.78 is 0. The lowest BCUT2D eigenvalue weighted by Gasteiger charge is -2.31. The molecule has 0 aromatic heterocycles. The monoisotopic (exact) mass is 206 g/mol. The summed E-state index contributed by atoms with van der Waals surface area (Å²) in [6, 6.07) is 9.63. The van der Waals surface area contributed by atoms with Crippen LogP contribution in [-0.2, 0) is 0 Å². The Morgan fingerprint density at radius 1 is 1.07 bits per heavy atom. The first kappa shape index (κ1) is 10.7. The molecule has 2 nitrogen and oxygen atoms in total. The van der Waals surface area contributed by atoms with Gasteiger partial charge in [-0.05, 0) is 18.4 Å². The van der Waals surface area contributed by atoms with Gasteiger partial charge in [-0.2, -0.15) is 0 Å². The number of aliphatic hydroxyl groups is 2. The zero-order valence-corrected chi connectivity index (χ0v) is 8.84. The number of hydrogen-bond acceptors (Lipinski definition) is 2. The highest BCUT2D eigenvalue weighted by molar-refractivity contribution is 5.18. The van der Waals surface area contributed by atoms with Crippen LogP contribution in [0.4, 0.5) is 0 Å². The van der Waals surface area contributed by atoms with Crippen LogP contribution >= 0.6 is 0 Å². The van der Waals surface area contributed by atoms with Gasteiger partial charge in [0.15, 0.2) is 0 Å². The minimum absolute atomic E-state index is 0.0150. The van der Waals surface area contributed by atoms with Gasteiger partial charge in [0.25, 0.3) is 0 Å². The van der Waals surface area contributed by atoms with Crippen LogP contribution < -0.4 is 0 Å². The molecular weight excluding hydrogens is 188 g/mol. The number of rotatable bonds is 2. The van der Waals surface area contributed by atoms with Crippen molar-refractivity contribution in [1.29, 1.82) is 0 Å². The van der Waals surface area contributed by atoms with Crippen molar-refractivity contribution in [1.82, 2.24) is 0 Å². The molecule has 0 saturated heterocycles. The standard InChI is InChI=1S/C13H18O2/c14-12-9-5-4-8-11(12)13(15)10-6-2-1-3-7-10/h1-3,6-7,11-15H,4-5,8-9H2/t11-,12-,13-/m0/s1. The van der Waals surface area contributed by atoms with E-state index in [1.165, 1.54) is 0 Å². The average molecular weight is 206 g/mol. The van der Waals surface area contributed by atoms with E-state index in [2.05, 4.69) is 0 Å². The molecule has 0 heterocycles. The van der Waals surface area contributed by atoms with Crippen molar-refractivity contribution < 1.29 is 10.2 Å². The summed E-state index contributed by atoms with van der Waals surface area (Å²) in [6.07, 6.45) is 3.10. The molecule has 82 valence electrons. The molecule has 0 unspecified atom stereocenters. The van der Waals surface area contributed by atoms with Gasteiger partial charge in [0, 0.05) is 5.92 Å². The van der Waals surface area contributed by atoms with Crippen molar-refractivity contribution in [3.8, 4) is 0 Å². The molecule has 1 aromatic rings. The van der Waals surface area contributed by atoms with Crippen molar-refractivity contribution in [2.75, 3.05) is 0 Å². The van der Waals surface area contributed by atoms with Gasteiger partial charge in [-0.15, -0.1) is 0 Å². The second-order valence-corrected chi connectivity index (χ2v) is 4.37. The molecule has 0 bridgehead atoms. The molecule has 1 aromatic carbocycles. The third-order valence-corrected chi connectivity index (χ3v) is 3.33. The van der Waals surface area contributed by atoms with Crippen molar-refractivity contribution in [3.05, 3.63) is 35.9 Å². The van der Waals surface area contributed by atoms with Crippen LogP contribution in [0, 0.1) is 5.92 Å². The molecule has 0 amide bonds. The Morgan fingerprint density at radius 3 is 2.40 bits per heavy atom. The first-order valence-corrected chi connectivity index (χ1v) is 5.70. The maximum absolute atomic E-state index is 10.2. The first-order valence-electron chi connectivity index (χ1n) is 5.70. The average Bonchev–Trinajstić information content (AvgIpc) is 2.30. The molecule has 0 spiro atoms. The van der Waals surface area contributed by atoms with Gasteiger partial charge in [-0.3, -0.25) is 0 Å². The van der Waals surface area contributed by atoms with E-state index in [0.717, 1.165) is 31.2 Å². The van der Waals surface area contributed by atoms with Crippen LogP contribution in [0.25, 0.3) is 0 Å². The van der Waals surface area contributed by atoms with E-state index in [1.807, 2.05) is 30.3 Å². The SMILES string of the molecule is O[C@H]1CCCC[C@@H]1[C@@H](O)c1ccccc1. The highest BCUT2D eigenvalue weighted by Crippen LogP contribution is 2.34. The Morgan fingerprint density at radius 2 is 1.73 bits per heavy atom. The predicted molar refractivity (Wildman–Crippen MR) is 59.4 cm³/mol. The van der Waals surface area contributed by atoms with E-state index in [4.69, 9.17) is 0 Å². The summed E-state index contributed by atoms with van der Waals surface area (Å²) in [5, 5.41) is 20.0. The second-order valence-electron chi connectivity index (χ2n) is 4.37. The minimum Gasteiger partial charge on any atom is -0.393 e. The lowest BCUT2D eigenvalue weighted by atomic mass is 9.80. The Labute approximate surface area is 90.6 Å². The van der Waals surface area contributed by atoms with Gasteiger partial charge in [-0.25, -0.2) is 0 Å². The largest absolute Gasteiger partial charge is 0.393 e. The van der Waals surface area contributed by atoms with Crippen molar-refractivity contribution in [3.63, 3.8) is 0 Å². The van der Waals surface area contributed by atoms with Crippen molar-refractivity contribution in [2.24, 2.45) is 5.92 Å². The first-order chi connectivity index (χ1) is 7.29. The molecule has 3 atom stereocenters. The van der Waals surface area contributed by atoms with E-state index in [9.17, 15) is 10.2 Å². The molecule has 1 fully saturated rings. The number of hydrogen-bond donors (Lipinski definition) is 2. The van der Waals surface area contributed by atoms with E-state index in [1.54, 1.807) is 0 Å². The lowest BCUT2D eigenvalue weighted by Crippen LogP contribution is -2.29. The van der Waals surface area contributed by atoms with Crippen molar-refractivity contribution >= 4 is 0 Å². The van der Waals surface area contributed by atoms with E-state index in [0.29, 0.717) is 0 Å². The maximum Gasteiger partial charge on any atom is 0.0842 e. The fraction of sp³-hybridized carbons (Fsp3) is 0.538. The van der Waals surface area contributed by atoms with Gasteiger partial charge in [0.05, 0.1) is 12.2 Å². The summed E-state index contributed by atoms with van der Waals surface area (Å²) in [6.45, 7) is 0. The topological polar surface area (TPSA) is 40.5 Å². The minimum atomic E-state index is -0.513. The normalized spacial score (nSPS) is 28.7. The van der Waals surface area contributed by atoms with Crippen LogP contribution in [0.1, 0.15) is 37.4 Å². The quantitative estimate of drug-likeness (QED) is 0.779. The zero-order chi connectivity index (χ0) is 10.7. The third-order valence-electron chi connectivity index (χ3n) is 3.33. The van der Waals surface area contributed by atoms with E-state index < -0.39 is 6.10 Å². The Balaban J connectivity index is 2.09. The number of aliphatic hydroxyl groups excluding tert-OH is 2. The van der Waals surface area contributed by atoms with Gasteiger partial charge in [-0.1, -0.05) is 43.2 Å². The molecule has 1 aliphatic rings. The molecule has 0 aliphatic heterocycles. The highest BCUT2D eigenvalue weighted by Gasteiger charge is 2.29. The summed E-state index contributed by atoms with van der Waals surface area (Å²) >= 11 is 0. The Hall–Kier alpha value is -0.860. The second kappa shape index (κ2) is 4.77. The van der Waals surface area contributed by atoms with Gasteiger partial charge in [0.2, 0.25) is 0 Å². The number of benzene rings is 1. The van der Waals surface area contributed by atoms with E-state index >= 15 is 0 Å². The summed E-state index contributed by atoms with van der Waals surface area (Å²) in [5.74, 6) is 0.0150. The van der Waals surface area contributed by atoms with Crippen LogP contribution in [0.5, 0.6) is 0 Å². The van der Waals surface area contributed by atoms with Crippen LogP contribution in [0.15, 0.2) is 30.3 Å². The Kier molecular flexibility index (Phi) is 3.39. The molecule has 1 saturated carbocycles. The molecule has 2 rings (SSSR count). The summed E-state index contributed by atoms with van der Waals surface area (Å²) in [7, 11) is 0. The smallest absolute Gasteiger partial charge is 0.0842 e. The van der Waals surface area contributed by atoms with Gasteiger partial charge >= 0.3 is 0 Å². The lowest BCUT2D eigenvalue weighted by molar-refractivity contribution is -0.0135. The van der Waals surface area contributed by atoms with Crippen molar-refractivity contribution in [2.45, 2.75) is 37.9 Å². The third kappa shape index (κ3) is 2.39. The predicted octanol–water partition coefficient (Wildman–Crippen LogP) is 2.27. The fourth-order valence-electron chi connectivity index (χ4n) is 2.41. The Bertz CT molecular complexity index is 297. The van der Waals surface area contributed by atoms with Crippen LogP contribution in [0.2, 0.25) is 0 Å². The summed E-state index contributed by atoms with van der Waals surface area (Å²) in [4.78, 5) is 0. The molecule has 15 heavy (non-hydrogen) atoms. The van der Waals surface area contributed by atoms with Crippen LogP contribution in [0.3, 0.4) is 0 Å². The van der Waals surface area contributed by atoms with E-state index in [-0.39, 0.29) is 12.0 Å². The van der Waals surface area contributed by atoms with Gasteiger partial charge in [0.1, 0.15) is 0 Å². The molecule has 2 N–H and O–H groups in total. The molecular formula is C13H18O2. The van der Waals surface area contributed by atoms with Crippen LogP contribution in [-0.4, -0.2) is 16.3 Å². The fourth-order valence-corrected chi connectivity index (χ4v) is 2.41. The molecule has 1 aliphatic carbocycles. The molecule has 0 radical (unpaired) electrons. The maximum atomic E-state index is 10.2. The van der Waals surface area contributed by atoms with Gasteiger partial charge < -0.3 is 10.2 Å².